The van der Waals surface area contributed by atoms with Gasteiger partial charge in [-0.05, 0) is 42.7 Å². The molecular weight excluding hydrogens is 290 g/mol. The molecule has 0 N–H and O–H groups in total. The van der Waals surface area contributed by atoms with Crippen LogP contribution in [0.2, 0.25) is 0 Å². The first-order chi connectivity index (χ1) is 8.83. The van der Waals surface area contributed by atoms with Gasteiger partial charge in [-0.25, -0.2) is 4.98 Å². The van der Waals surface area contributed by atoms with Gasteiger partial charge in [0.05, 0.1) is 0 Å². The van der Waals surface area contributed by atoms with Gasteiger partial charge in [0, 0.05) is 11.2 Å². The van der Waals surface area contributed by atoms with Crippen molar-refractivity contribution in [1.82, 2.24) is 4.98 Å². The summed E-state index contributed by atoms with van der Waals surface area (Å²) in [6.45, 7) is 0. The number of alkyl halides is 1. The highest BCUT2D eigenvalue weighted by atomic mass is 79.9. The number of halogens is 1. The lowest BCUT2D eigenvalue weighted by atomic mass is 10.1. The minimum absolute atomic E-state index is 0.542. The highest BCUT2D eigenvalue weighted by Gasteiger charge is 2.55. The van der Waals surface area contributed by atoms with Gasteiger partial charge in [-0.1, -0.05) is 34.5 Å². The molecule has 3 atom stereocenters. The Balaban J connectivity index is 1.50. The number of fused-ring (bicyclic) bond motifs is 2. The average Bonchev–Trinajstić information content (AvgIpc) is 2.77. The summed E-state index contributed by atoms with van der Waals surface area (Å²) in [6, 6.07) is 8.00. The highest BCUT2D eigenvalue weighted by Crippen LogP contribution is 2.60. The Hall–Kier alpha value is -0.830. The first-order valence-electron chi connectivity index (χ1n) is 6.81. The van der Waals surface area contributed by atoms with Gasteiger partial charge in [-0.2, -0.15) is 0 Å². The highest BCUT2D eigenvalue weighted by molar-refractivity contribution is 9.09. The van der Waals surface area contributed by atoms with E-state index in [1.54, 1.807) is 0 Å². The number of nitrogens with zero attached hydrogens (tertiary/aromatic N) is 1. The molecule has 1 aromatic heterocycles. The zero-order valence-corrected chi connectivity index (χ0v) is 11.8. The fourth-order valence-electron chi connectivity index (χ4n) is 3.72. The van der Waals surface area contributed by atoms with Crippen LogP contribution in [0.1, 0.15) is 25.2 Å². The van der Waals surface area contributed by atoms with Crippen molar-refractivity contribution in [1.29, 1.82) is 0 Å². The first-order valence-corrected chi connectivity index (χ1v) is 7.73. The van der Waals surface area contributed by atoms with Gasteiger partial charge in [0.2, 0.25) is 0 Å². The van der Waals surface area contributed by atoms with E-state index >= 15 is 0 Å². The van der Waals surface area contributed by atoms with Crippen molar-refractivity contribution in [3.05, 3.63) is 30.2 Å². The van der Waals surface area contributed by atoms with Crippen molar-refractivity contribution < 1.29 is 4.42 Å². The van der Waals surface area contributed by atoms with E-state index in [9.17, 15) is 0 Å². The Bertz CT molecular complexity index is 536. The lowest BCUT2D eigenvalue weighted by molar-refractivity contribution is 0.493. The molecule has 3 unspecified atom stereocenters. The third kappa shape index (κ3) is 1.71. The van der Waals surface area contributed by atoms with Crippen molar-refractivity contribution in [2.24, 2.45) is 17.8 Å². The van der Waals surface area contributed by atoms with E-state index in [2.05, 4.69) is 20.9 Å². The van der Waals surface area contributed by atoms with E-state index in [1.165, 1.54) is 19.3 Å². The molecule has 2 fully saturated rings. The van der Waals surface area contributed by atoms with Crippen molar-refractivity contribution in [3.8, 4) is 0 Å². The summed E-state index contributed by atoms with van der Waals surface area (Å²) in [5.74, 6) is 3.72. The molecule has 2 saturated carbocycles. The van der Waals surface area contributed by atoms with Crippen LogP contribution in [0.15, 0.2) is 28.7 Å². The summed E-state index contributed by atoms with van der Waals surface area (Å²) in [6.07, 6.45) is 5.23. The smallest absolute Gasteiger partial charge is 0.196 e. The van der Waals surface area contributed by atoms with Crippen molar-refractivity contribution >= 4 is 27.0 Å². The maximum atomic E-state index is 5.80. The summed E-state index contributed by atoms with van der Waals surface area (Å²) in [5.41, 5.74) is 1.88. The lowest BCUT2D eigenvalue weighted by Crippen LogP contribution is -2.09. The maximum Gasteiger partial charge on any atom is 0.196 e. The minimum Gasteiger partial charge on any atom is -0.441 e. The predicted molar refractivity (Wildman–Crippen MR) is 74.7 cm³/mol. The van der Waals surface area contributed by atoms with Gasteiger partial charge in [-0.15, -0.1) is 0 Å². The zero-order valence-electron chi connectivity index (χ0n) is 10.2. The molecule has 1 aromatic carbocycles. The molecule has 18 heavy (non-hydrogen) atoms. The SMILES string of the molecule is BrC(Cc1nc2ccccc2o1)C1C2CCCC21. The van der Waals surface area contributed by atoms with Crippen LogP contribution >= 0.6 is 15.9 Å². The quantitative estimate of drug-likeness (QED) is 0.795. The third-order valence-electron chi connectivity index (χ3n) is 4.60. The van der Waals surface area contributed by atoms with E-state index in [-0.39, 0.29) is 0 Å². The summed E-state index contributed by atoms with van der Waals surface area (Å²) < 4.78 is 5.80. The normalized spacial score (nSPS) is 31.5. The maximum absolute atomic E-state index is 5.80. The predicted octanol–water partition coefficient (Wildman–Crippen LogP) is 4.18. The second-order valence-corrected chi connectivity index (χ2v) is 6.81. The molecule has 0 aliphatic heterocycles. The van der Waals surface area contributed by atoms with Gasteiger partial charge >= 0.3 is 0 Å². The Morgan fingerprint density at radius 2 is 2.06 bits per heavy atom. The molecule has 2 aliphatic rings. The number of hydrogen-bond acceptors (Lipinski definition) is 2. The first kappa shape index (κ1) is 11.0. The van der Waals surface area contributed by atoms with Crippen LogP contribution in [0.3, 0.4) is 0 Å². The summed E-state index contributed by atoms with van der Waals surface area (Å²) >= 11 is 3.85. The molecule has 1 heterocycles. The van der Waals surface area contributed by atoms with E-state index < -0.39 is 0 Å². The fourth-order valence-corrected chi connectivity index (χ4v) is 4.78. The van der Waals surface area contributed by atoms with E-state index in [0.29, 0.717) is 4.83 Å². The average molecular weight is 306 g/mol. The molecule has 0 saturated heterocycles. The molecule has 2 nitrogen and oxygen atoms in total. The summed E-state index contributed by atoms with van der Waals surface area (Å²) in [4.78, 5) is 5.10. The topological polar surface area (TPSA) is 26.0 Å². The fraction of sp³-hybridized carbons (Fsp3) is 0.533. The Labute approximate surface area is 115 Å². The van der Waals surface area contributed by atoms with Crippen LogP contribution in [0.4, 0.5) is 0 Å². The lowest BCUT2D eigenvalue weighted by Gasteiger charge is -2.08. The van der Waals surface area contributed by atoms with E-state index in [1.807, 2.05) is 24.3 Å². The van der Waals surface area contributed by atoms with Gasteiger partial charge in [-0.3, -0.25) is 0 Å². The number of rotatable bonds is 3. The van der Waals surface area contributed by atoms with Crippen LogP contribution < -0.4 is 0 Å². The second-order valence-electron chi connectivity index (χ2n) is 5.63. The van der Waals surface area contributed by atoms with Crippen LogP contribution in [0, 0.1) is 17.8 Å². The molecule has 4 rings (SSSR count). The largest absolute Gasteiger partial charge is 0.441 e. The van der Waals surface area contributed by atoms with Crippen LogP contribution in [-0.4, -0.2) is 9.81 Å². The van der Waals surface area contributed by atoms with Gasteiger partial charge < -0.3 is 4.42 Å². The van der Waals surface area contributed by atoms with Gasteiger partial charge in [0.15, 0.2) is 11.5 Å². The molecule has 0 amide bonds. The molecule has 2 aliphatic carbocycles. The third-order valence-corrected chi connectivity index (χ3v) is 5.53. The molecule has 0 spiro atoms. The summed E-state index contributed by atoms with van der Waals surface area (Å²) in [5, 5.41) is 0. The van der Waals surface area contributed by atoms with Crippen LogP contribution in [-0.2, 0) is 6.42 Å². The molecule has 2 aromatic rings. The summed E-state index contributed by atoms with van der Waals surface area (Å²) in [7, 11) is 0. The number of aromatic nitrogens is 1. The monoisotopic (exact) mass is 305 g/mol. The van der Waals surface area contributed by atoms with E-state index in [4.69, 9.17) is 4.42 Å². The van der Waals surface area contributed by atoms with Gasteiger partial charge in [0.1, 0.15) is 5.52 Å². The van der Waals surface area contributed by atoms with Gasteiger partial charge in [0.25, 0.3) is 0 Å². The number of benzene rings is 1. The minimum atomic E-state index is 0.542. The standard InChI is InChI=1S/C15H16BrNO/c16-11(15-9-4-3-5-10(9)15)8-14-17-12-6-1-2-7-13(12)18-14/h1-2,6-7,9-11,15H,3-5,8H2. The molecule has 94 valence electrons. The van der Waals surface area contributed by atoms with Crippen molar-refractivity contribution in [3.63, 3.8) is 0 Å². The number of oxazole rings is 1. The van der Waals surface area contributed by atoms with E-state index in [0.717, 1.165) is 41.2 Å². The molecule has 0 radical (unpaired) electrons. The molecular formula is C15H16BrNO. The second kappa shape index (κ2) is 4.09. The Kier molecular flexibility index (Phi) is 2.51. The van der Waals surface area contributed by atoms with Crippen LogP contribution in [0.25, 0.3) is 11.1 Å². The molecule has 3 heteroatoms. The zero-order chi connectivity index (χ0) is 12.1. The Morgan fingerprint density at radius 1 is 1.28 bits per heavy atom. The van der Waals surface area contributed by atoms with Crippen molar-refractivity contribution in [2.45, 2.75) is 30.5 Å². The van der Waals surface area contributed by atoms with Crippen LogP contribution in [0.5, 0.6) is 0 Å². The Morgan fingerprint density at radius 3 is 2.83 bits per heavy atom. The number of hydrogen-bond donors (Lipinski definition) is 0. The number of para-hydroxylation sites is 2. The van der Waals surface area contributed by atoms with Crippen molar-refractivity contribution in [2.75, 3.05) is 0 Å². The molecule has 0 bridgehead atoms.